The molecule has 1 amide bonds. The summed E-state index contributed by atoms with van der Waals surface area (Å²) in [5.41, 5.74) is 0.968. The number of amides is 1. The zero-order valence-corrected chi connectivity index (χ0v) is 11.4. The van der Waals surface area contributed by atoms with Crippen LogP contribution >= 0.6 is 0 Å². The molecule has 4 heteroatoms. The lowest BCUT2D eigenvalue weighted by Gasteiger charge is -2.30. The third kappa shape index (κ3) is 7.66. The van der Waals surface area contributed by atoms with Crippen LogP contribution in [-0.4, -0.2) is 37.7 Å². The summed E-state index contributed by atoms with van der Waals surface area (Å²) in [6, 6.07) is 0. The zero-order valence-electron chi connectivity index (χ0n) is 11.4. The van der Waals surface area contributed by atoms with Crippen LogP contribution in [0.15, 0.2) is 12.3 Å². The first kappa shape index (κ1) is 15.8. The van der Waals surface area contributed by atoms with E-state index in [0.29, 0.717) is 6.54 Å². The van der Waals surface area contributed by atoms with Gasteiger partial charge in [0.15, 0.2) is 0 Å². The molecule has 0 aliphatic carbocycles. The Balaban J connectivity index is 0.000000770. The van der Waals surface area contributed by atoms with Crippen molar-refractivity contribution in [2.75, 3.05) is 26.7 Å². The average Bonchev–Trinajstić information content (AvgIpc) is 2.37. The van der Waals surface area contributed by atoms with E-state index in [-0.39, 0.29) is 0 Å². The second-order valence-electron chi connectivity index (χ2n) is 4.17. The van der Waals surface area contributed by atoms with Gasteiger partial charge in [-0.05, 0) is 19.3 Å². The van der Waals surface area contributed by atoms with Gasteiger partial charge in [0.25, 0.3) is 0 Å². The average molecular weight is 242 g/mol. The van der Waals surface area contributed by atoms with Gasteiger partial charge in [0.1, 0.15) is 0 Å². The van der Waals surface area contributed by atoms with E-state index in [1.165, 1.54) is 32.8 Å². The monoisotopic (exact) mass is 242 g/mol. The summed E-state index contributed by atoms with van der Waals surface area (Å²) in [7, 11) is 1.36. The topological polar surface area (TPSA) is 41.6 Å². The number of rotatable bonds is 3. The van der Waals surface area contributed by atoms with Gasteiger partial charge in [-0.1, -0.05) is 26.8 Å². The van der Waals surface area contributed by atoms with Crippen molar-refractivity contribution in [2.45, 2.75) is 39.5 Å². The SMILES string of the molecule is C=C(CNC(=O)OC)N1CCCCC1.CCC. The predicted molar refractivity (Wildman–Crippen MR) is 70.9 cm³/mol. The highest BCUT2D eigenvalue weighted by Crippen LogP contribution is 2.12. The third-order valence-corrected chi connectivity index (χ3v) is 2.43. The number of piperidine rings is 1. The molecule has 1 heterocycles. The van der Waals surface area contributed by atoms with E-state index in [9.17, 15) is 4.79 Å². The molecule has 0 radical (unpaired) electrons. The molecular weight excluding hydrogens is 216 g/mol. The standard InChI is InChI=1S/C10H18N2O2.C3H8/c1-9(8-11-10(13)14-2)12-6-4-3-5-7-12;1-3-2/h1,3-8H2,2H3,(H,11,13);3H2,1-2H3. The normalized spacial score (nSPS) is 14.4. The zero-order chi connectivity index (χ0) is 13.1. The van der Waals surface area contributed by atoms with Gasteiger partial charge in [-0.2, -0.15) is 0 Å². The Kier molecular flexibility index (Phi) is 9.30. The molecule has 0 aromatic heterocycles. The number of ether oxygens (including phenoxy) is 1. The summed E-state index contributed by atoms with van der Waals surface area (Å²) in [6.07, 6.45) is 4.59. The third-order valence-electron chi connectivity index (χ3n) is 2.43. The van der Waals surface area contributed by atoms with Crippen LogP contribution in [0.2, 0.25) is 0 Å². The molecule has 1 saturated heterocycles. The van der Waals surface area contributed by atoms with Gasteiger partial charge < -0.3 is 15.0 Å². The minimum Gasteiger partial charge on any atom is -0.453 e. The Bertz CT molecular complexity index is 223. The molecule has 1 aliphatic rings. The molecule has 100 valence electrons. The van der Waals surface area contributed by atoms with Crippen LogP contribution in [0.4, 0.5) is 4.79 Å². The van der Waals surface area contributed by atoms with Crippen molar-refractivity contribution in [1.82, 2.24) is 10.2 Å². The molecule has 1 N–H and O–H groups in total. The van der Waals surface area contributed by atoms with Crippen LogP contribution in [0.25, 0.3) is 0 Å². The van der Waals surface area contributed by atoms with E-state index in [0.717, 1.165) is 18.8 Å². The molecular formula is C13H26N2O2. The van der Waals surface area contributed by atoms with Crippen molar-refractivity contribution >= 4 is 6.09 Å². The quantitative estimate of drug-likeness (QED) is 0.827. The van der Waals surface area contributed by atoms with Gasteiger partial charge in [-0.25, -0.2) is 4.79 Å². The predicted octanol–water partition coefficient (Wildman–Crippen LogP) is 2.76. The van der Waals surface area contributed by atoms with Gasteiger partial charge in [-0.15, -0.1) is 0 Å². The Hall–Kier alpha value is -1.19. The van der Waals surface area contributed by atoms with Crippen molar-refractivity contribution in [3.8, 4) is 0 Å². The van der Waals surface area contributed by atoms with Crippen molar-refractivity contribution in [3.63, 3.8) is 0 Å². The van der Waals surface area contributed by atoms with Crippen LogP contribution in [0.3, 0.4) is 0 Å². The van der Waals surface area contributed by atoms with Crippen LogP contribution in [0, 0.1) is 0 Å². The van der Waals surface area contributed by atoms with Crippen LogP contribution in [0.1, 0.15) is 39.5 Å². The first-order valence-corrected chi connectivity index (χ1v) is 6.40. The lowest BCUT2D eigenvalue weighted by atomic mass is 10.1. The number of nitrogens with one attached hydrogen (secondary N) is 1. The van der Waals surface area contributed by atoms with E-state index < -0.39 is 6.09 Å². The maximum Gasteiger partial charge on any atom is 0.407 e. The number of hydrogen-bond donors (Lipinski definition) is 1. The Labute approximate surface area is 105 Å². The van der Waals surface area contributed by atoms with E-state index in [1.54, 1.807) is 0 Å². The minimum absolute atomic E-state index is 0.400. The Morgan fingerprint density at radius 2 is 1.82 bits per heavy atom. The maximum absolute atomic E-state index is 10.8. The molecule has 1 aliphatic heterocycles. The van der Waals surface area contributed by atoms with E-state index >= 15 is 0 Å². The van der Waals surface area contributed by atoms with Crippen LogP contribution in [-0.2, 0) is 4.74 Å². The molecule has 1 rings (SSSR count). The van der Waals surface area contributed by atoms with E-state index in [2.05, 4.69) is 35.4 Å². The summed E-state index contributed by atoms with van der Waals surface area (Å²) >= 11 is 0. The maximum atomic E-state index is 10.8. The highest BCUT2D eigenvalue weighted by Gasteiger charge is 2.12. The number of alkyl carbamates (subject to hydrolysis) is 1. The van der Waals surface area contributed by atoms with Crippen LogP contribution in [0.5, 0.6) is 0 Å². The van der Waals surface area contributed by atoms with Gasteiger partial charge >= 0.3 is 6.09 Å². The summed E-state index contributed by atoms with van der Waals surface area (Å²) in [4.78, 5) is 13.0. The molecule has 4 nitrogen and oxygen atoms in total. The van der Waals surface area contributed by atoms with Crippen molar-refractivity contribution in [2.24, 2.45) is 0 Å². The first-order chi connectivity index (χ1) is 8.15. The summed E-state index contributed by atoms with van der Waals surface area (Å²) in [5.74, 6) is 0. The smallest absolute Gasteiger partial charge is 0.407 e. The fourth-order valence-electron chi connectivity index (χ4n) is 1.57. The van der Waals surface area contributed by atoms with Gasteiger partial charge in [0, 0.05) is 18.8 Å². The number of nitrogens with zero attached hydrogens (tertiary/aromatic N) is 1. The molecule has 0 spiro atoms. The second kappa shape index (κ2) is 10.00. The molecule has 0 aromatic rings. The fourth-order valence-corrected chi connectivity index (χ4v) is 1.57. The Morgan fingerprint density at radius 1 is 1.29 bits per heavy atom. The van der Waals surface area contributed by atoms with Gasteiger partial charge in [-0.3, -0.25) is 0 Å². The van der Waals surface area contributed by atoms with Gasteiger partial charge in [0.05, 0.1) is 13.7 Å². The molecule has 0 unspecified atom stereocenters. The molecule has 0 saturated carbocycles. The lowest BCUT2D eigenvalue weighted by Crippen LogP contribution is -2.35. The number of methoxy groups -OCH3 is 1. The van der Waals surface area contributed by atoms with Crippen LogP contribution < -0.4 is 5.32 Å². The fraction of sp³-hybridized carbons (Fsp3) is 0.769. The lowest BCUT2D eigenvalue weighted by molar-refractivity contribution is 0.170. The first-order valence-electron chi connectivity index (χ1n) is 6.40. The second-order valence-corrected chi connectivity index (χ2v) is 4.17. The largest absolute Gasteiger partial charge is 0.453 e. The summed E-state index contributed by atoms with van der Waals surface area (Å²) in [5, 5.41) is 2.63. The van der Waals surface area contributed by atoms with E-state index in [4.69, 9.17) is 0 Å². The number of likely N-dealkylation sites (tertiary alicyclic amines) is 1. The highest BCUT2D eigenvalue weighted by atomic mass is 16.5. The summed E-state index contributed by atoms with van der Waals surface area (Å²) < 4.78 is 4.48. The van der Waals surface area contributed by atoms with Crippen molar-refractivity contribution in [1.29, 1.82) is 0 Å². The molecule has 0 atom stereocenters. The number of carbonyl (C=O) groups is 1. The number of hydrogen-bond acceptors (Lipinski definition) is 3. The molecule has 0 bridgehead atoms. The van der Waals surface area contributed by atoms with E-state index in [1.807, 2.05) is 0 Å². The molecule has 1 fully saturated rings. The van der Waals surface area contributed by atoms with Gasteiger partial charge in [0.2, 0.25) is 0 Å². The summed E-state index contributed by atoms with van der Waals surface area (Å²) in [6.45, 7) is 10.8. The minimum atomic E-state index is -0.400. The highest BCUT2D eigenvalue weighted by molar-refractivity contribution is 5.67. The molecule has 0 aromatic carbocycles. The van der Waals surface area contributed by atoms with Crippen molar-refractivity contribution in [3.05, 3.63) is 12.3 Å². The number of carbonyl (C=O) groups excluding carboxylic acids is 1. The molecule has 17 heavy (non-hydrogen) atoms. The van der Waals surface area contributed by atoms with Crippen molar-refractivity contribution < 1.29 is 9.53 Å². The Morgan fingerprint density at radius 3 is 2.29 bits per heavy atom.